The van der Waals surface area contributed by atoms with Crippen molar-refractivity contribution >= 4 is 11.6 Å². The Labute approximate surface area is 78.6 Å². The lowest BCUT2D eigenvalue weighted by Gasteiger charge is -2.13. The number of rotatable bonds is 4. The number of nitrogens with zero attached hydrogens (tertiary/aromatic N) is 2. The highest BCUT2D eigenvalue weighted by Crippen LogP contribution is 2.10. The van der Waals surface area contributed by atoms with Gasteiger partial charge in [-0.15, -0.1) is 0 Å². The van der Waals surface area contributed by atoms with Crippen LogP contribution in [-0.4, -0.2) is 36.9 Å². The van der Waals surface area contributed by atoms with Gasteiger partial charge < -0.3 is 4.74 Å². The van der Waals surface area contributed by atoms with E-state index < -0.39 is 0 Å². The average molecular weight is 184 g/mol. The van der Waals surface area contributed by atoms with Crippen LogP contribution in [0.5, 0.6) is 0 Å². The van der Waals surface area contributed by atoms with Crippen LogP contribution < -0.4 is 0 Å². The van der Waals surface area contributed by atoms with E-state index in [9.17, 15) is 4.79 Å². The summed E-state index contributed by atoms with van der Waals surface area (Å²) in [6.45, 7) is 5.29. The Morgan fingerprint density at radius 3 is 2.85 bits per heavy atom. The van der Waals surface area contributed by atoms with Crippen molar-refractivity contribution in [2.24, 2.45) is 11.0 Å². The summed E-state index contributed by atoms with van der Waals surface area (Å²) in [4.78, 5) is 11.4. The van der Waals surface area contributed by atoms with Gasteiger partial charge in [0, 0.05) is 13.7 Å². The molecule has 0 aromatic heterocycles. The molecule has 1 aliphatic rings. The third-order valence-corrected chi connectivity index (χ3v) is 1.75. The molecule has 74 valence electrons. The molecule has 1 rings (SSSR count). The summed E-state index contributed by atoms with van der Waals surface area (Å²) in [6.07, 6.45) is 0.417. The molecule has 0 N–H and O–H groups in total. The average Bonchev–Trinajstić information content (AvgIpc) is 2.31. The molecule has 0 atom stereocenters. The Morgan fingerprint density at radius 2 is 2.31 bits per heavy atom. The molecule has 1 aliphatic heterocycles. The molecule has 0 bridgehead atoms. The van der Waals surface area contributed by atoms with Crippen LogP contribution in [-0.2, 0) is 9.53 Å². The van der Waals surface area contributed by atoms with Gasteiger partial charge in [-0.2, -0.15) is 5.10 Å². The molecule has 0 unspecified atom stereocenters. The summed E-state index contributed by atoms with van der Waals surface area (Å²) >= 11 is 0. The molecule has 0 spiro atoms. The topological polar surface area (TPSA) is 41.9 Å². The first-order valence-corrected chi connectivity index (χ1v) is 4.49. The highest BCUT2D eigenvalue weighted by Gasteiger charge is 2.23. The van der Waals surface area contributed by atoms with Crippen LogP contribution in [0, 0.1) is 5.92 Å². The first kappa shape index (κ1) is 10.2. The summed E-state index contributed by atoms with van der Waals surface area (Å²) in [7, 11) is 1.61. The van der Waals surface area contributed by atoms with E-state index in [4.69, 9.17) is 4.74 Å². The number of carbonyl (C=O) groups is 1. The molecule has 1 heterocycles. The second-order valence-corrected chi connectivity index (χ2v) is 3.65. The predicted molar refractivity (Wildman–Crippen MR) is 50.5 cm³/mol. The van der Waals surface area contributed by atoms with Crippen LogP contribution in [0.15, 0.2) is 5.10 Å². The summed E-state index contributed by atoms with van der Waals surface area (Å²) < 4.78 is 4.92. The van der Waals surface area contributed by atoms with E-state index in [1.165, 1.54) is 0 Å². The number of carbonyl (C=O) groups excluding carboxylic acids is 1. The standard InChI is InChI=1S/C9H16N2O2/c1-7(2)5-11-9(12)4-8(10-11)6-13-3/h7H,4-6H2,1-3H3. The van der Waals surface area contributed by atoms with E-state index in [-0.39, 0.29) is 5.91 Å². The molecule has 0 fully saturated rings. The van der Waals surface area contributed by atoms with Crippen LogP contribution in [0.4, 0.5) is 0 Å². The van der Waals surface area contributed by atoms with Crippen molar-refractivity contribution in [3.05, 3.63) is 0 Å². The van der Waals surface area contributed by atoms with Gasteiger partial charge in [0.25, 0.3) is 0 Å². The second kappa shape index (κ2) is 4.37. The van der Waals surface area contributed by atoms with Gasteiger partial charge in [0.15, 0.2) is 0 Å². The van der Waals surface area contributed by atoms with Gasteiger partial charge in [-0.3, -0.25) is 4.79 Å². The summed E-state index contributed by atoms with van der Waals surface area (Å²) in [5.41, 5.74) is 0.827. The van der Waals surface area contributed by atoms with Crippen molar-refractivity contribution in [3.63, 3.8) is 0 Å². The monoisotopic (exact) mass is 184 g/mol. The number of ether oxygens (including phenoxy) is 1. The Hall–Kier alpha value is -0.900. The maximum absolute atomic E-state index is 11.4. The number of hydrazone groups is 1. The van der Waals surface area contributed by atoms with Crippen LogP contribution in [0.1, 0.15) is 20.3 Å². The molecule has 0 saturated heterocycles. The molecule has 0 aromatic rings. The Morgan fingerprint density at radius 1 is 1.62 bits per heavy atom. The third kappa shape index (κ3) is 2.81. The van der Waals surface area contributed by atoms with E-state index in [0.29, 0.717) is 25.5 Å². The lowest BCUT2D eigenvalue weighted by Crippen LogP contribution is -2.24. The minimum absolute atomic E-state index is 0.0840. The SMILES string of the molecule is COCC1=NN(CC(C)C)C(=O)C1. The van der Waals surface area contributed by atoms with E-state index in [2.05, 4.69) is 18.9 Å². The van der Waals surface area contributed by atoms with Crippen molar-refractivity contribution in [1.29, 1.82) is 0 Å². The molecule has 4 heteroatoms. The van der Waals surface area contributed by atoms with Crippen LogP contribution in [0.25, 0.3) is 0 Å². The Kier molecular flexibility index (Phi) is 3.42. The summed E-state index contributed by atoms with van der Waals surface area (Å²) in [5.74, 6) is 0.537. The molecule has 0 aliphatic carbocycles. The lowest BCUT2D eigenvalue weighted by molar-refractivity contribution is -0.129. The van der Waals surface area contributed by atoms with E-state index in [0.717, 1.165) is 5.71 Å². The zero-order valence-corrected chi connectivity index (χ0v) is 8.41. The summed E-state index contributed by atoms with van der Waals surface area (Å²) in [5, 5.41) is 5.72. The lowest BCUT2D eigenvalue weighted by atomic mass is 10.2. The minimum atomic E-state index is 0.0840. The zero-order chi connectivity index (χ0) is 9.84. The van der Waals surface area contributed by atoms with Gasteiger partial charge in [0.1, 0.15) is 0 Å². The molecule has 0 radical (unpaired) electrons. The predicted octanol–water partition coefficient (Wildman–Crippen LogP) is 0.877. The first-order chi connectivity index (χ1) is 6.13. The summed E-state index contributed by atoms with van der Waals surface area (Å²) in [6, 6.07) is 0. The van der Waals surface area contributed by atoms with E-state index >= 15 is 0 Å². The van der Waals surface area contributed by atoms with Crippen LogP contribution in [0.2, 0.25) is 0 Å². The van der Waals surface area contributed by atoms with Gasteiger partial charge in [-0.1, -0.05) is 13.8 Å². The van der Waals surface area contributed by atoms with Gasteiger partial charge in [0.05, 0.1) is 18.7 Å². The maximum Gasteiger partial charge on any atom is 0.248 e. The third-order valence-electron chi connectivity index (χ3n) is 1.75. The van der Waals surface area contributed by atoms with Crippen molar-refractivity contribution in [1.82, 2.24) is 5.01 Å². The first-order valence-electron chi connectivity index (χ1n) is 4.49. The largest absolute Gasteiger partial charge is 0.379 e. The highest BCUT2D eigenvalue weighted by atomic mass is 16.5. The fraction of sp³-hybridized carbons (Fsp3) is 0.778. The Bertz CT molecular complexity index is 224. The molecular formula is C9H16N2O2. The number of hydrogen-bond acceptors (Lipinski definition) is 3. The van der Waals surface area contributed by atoms with E-state index in [1.807, 2.05) is 0 Å². The fourth-order valence-electron chi connectivity index (χ4n) is 1.26. The Balaban J connectivity index is 2.51. The van der Waals surface area contributed by atoms with Crippen molar-refractivity contribution in [3.8, 4) is 0 Å². The molecular weight excluding hydrogens is 168 g/mol. The minimum Gasteiger partial charge on any atom is -0.379 e. The molecule has 0 aromatic carbocycles. The molecule has 13 heavy (non-hydrogen) atoms. The van der Waals surface area contributed by atoms with Crippen LogP contribution in [0.3, 0.4) is 0 Å². The highest BCUT2D eigenvalue weighted by molar-refractivity contribution is 6.05. The number of amides is 1. The van der Waals surface area contributed by atoms with Gasteiger partial charge in [-0.05, 0) is 5.92 Å². The van der Waals surface area contributed by atoms with Gasteiger partial charge in [0.2, 0.25) is 5.91 Å². The van der Waals surface area contributed by atoms with Crippen molar-refractivity contribution in [2.45, 2.75) is 20.3 Å². The smallest absolute Gasteiger partial charge is 0.248 e. The van der Waals surface area contributed by atoms with Crippen LogP contribution >= 0.6 is 0 Å². The second-order valence-electron chi connectivity index (χ2n) is 3.65. The van der Waals surface area contributed by atoms with E-state index in [1.54, 1.807) is 12.1 Å². The number of hydrogen-bond donors (Lipinski definition) is 0. The zero-order valence-electron chi connectivity index (χ0n) is 8.41. The normalized spacial score (nSPS) is 17.1. The van der Waals surface area contributed by atoms with Gasteiger partial charge in [-0.25, -0.2) is 5.01 Å². The fourth-order valence-corrected chi connectivity index (χ4v) is 1.26. The molecule has 1 amide bonds. The quantitative estimate of drug-likeness (QED) is 0.650. The van der Waals surface area contributed by atoms with Crippen molar-refractivity contribution in [2.75, 3.05) is 20.3 Å². The van der Waals surface area contributed by atoms with Crippen molar-refractivity contribution < 1.29 is 9.53 Å². The molecule has 4 nitrogen and oxygen atoms in total. The maximum atomic E-state index is 11.4. The molecule has 0 saturated carbocycles. The van der Waals surface area contributed by atoms with Gasteiger partial charge >= 0.3 is 0 Å². The number of methoxy groups -OCH3 is 1.